The van der Waals surface area contributed by atoms with Crippen molar-refractivity contribution in [3.8, 4) is 0 Å². The van der Waals surface area contributed by atoms with Crippen LogP contribution in [0, 0.1) is 6.92 Å². The van der Waals surface area contributed by atoms with Crippen LogP contribution in [0.25, 0.3) is 0 Å². The molecule has 0 saturated heterocycles. The maximum absolute atomic E-state index is 14.0. The second-order valence-electron chi connectivity index (χ2n) is 10.3. The van der Waals surface area contributed by atoms with Crippen LogP contribution >= 0.6 is 23.2 Å². The molecule has 7 nitrogen and oxygen atoms in total. The Morgan fingerprint density at radius 1 is 0.923 bits per heavy atom. The number of hydrogen-bond acceptors (Lipinski definition) is 4. The van der Waals surface area contributed by atoms with E-state index in [1.807, 2.05) is 20.8 Å². The van der Waals surface area contributed by atoms with Crippen molar-refractivity contribution < 1.29 is 18.0 Å². The minimum Gasteiger partial charge on any atom is -0.350 e. The molecule has 0 fully saturated rings. The summed E-state index contributed by atoms with van der Waals surface area (Å²) in [5.41, 5.74) is 0.993. The lowest BCUT2D eigenvalue weighted by Crippen LogP contribution is -2.54. The number of sulfonamides is 1. The molecule has 0 aliphatic carbocycles. The first-order valence-electron chi connectivity index (χ1n) is 12.4. The van der Waals surface area contributed by atoms with E-state index in [-0.39, 0.29) is 23.0 Å². The SMILES string of the molecule is Cc1c(Cl)cccc1N(CC(=O)N(Cc1ccc(Cl)cc1)[C@H](C)C(=O)NC(C)(C)C)S(=O)(=O)c1ccccc1. The van der Waals surface area contributed by atoms with Gasteiger partial charge in [-0.25, -0.2) is 8.42 Å². The number of rotatable bonds is 9. The minimum absolute atomic E-state index is 0.0277. The van der Waals surface area contributed by atoms with Crippen molar-refractivity contribution in [2.24, 2.45) is 0 Å². The van der Waals surface area contributed by atoms with Crippen molar-refractivity contribution in [3.05, 3.63) is 94.0 Å². The Morgan fingerprint density at radius 3 is 2.13 bits per heavy atom. The standard InChI is InChI=1S/C29H33Cl2N3O4S/c1-20-25(31)12-9-13-26(20)34(39(37,38)24-10-7-6-8-11-24)19-27(35)33(18-22-14-16-23(30)17-15-22)21(2)28(36)32-29(3,4)5/h6-17,21H,18-19H2,1-5H3,(H,32,36)/t21-/m1/s1. The molecule has 3 aromatic carbocycles. The summed E-state index contributed by atoms with van der Waals surface area (Å²) >= 11 is 12.4. The number of nitrogens with zero attached hydrogens (tertiary/aromatic N) is 2. The number of carbonyl (C=O) groups is 2. The molecule has 0 bridgehead atoms. The van der Waals surface area contributed by atoms with Crippen LogP contribution in [0.2, 0.25) is 10.0 Å². The van der Waals surface area contributed by atoms with Crippen LogP contribution in [0.3, 0.4) is 0 Å². The van der Waals surface area contributed by atoms with Crippen LogP contribution in [0.15, 0.2) is 77.7 Å². The van der Waals surface area contributed by atoms with Crippen molar-refractivity contribution in [1.29, 1.82) is 0 Å². The van der Waals surface area contributed by atoms with Crippen LogP contribution in [0.4, 0.5) is 5.69 Å². The Bertz CT molecular complexity index is 1420. The van der Waals surface area contributed by atoms with Gasteiger partial charge in [0, 0.05) is 22.1 Å². The molecule has 1 atom stereocenters. The smallest absolute Gasteiger partial charge is 0.264 e. The summed E-state index contributed by atoms with van der Waals surface area (Å²) in [6.45, 7) is 8.38. The van der Waals surface area contributed by atoms with Crippen LogP contribution in [0.5, 0.6) is 0 Å². The van der Waals surface area contributed by atoms with E-state index in [2.05, 4.69) is 5.32 Å². The molecule has 208 valence electrons. The summed E-state index contributed by atoms with van der Waals surface area (Å²) in [5.74, 6) is -0.915. The lowest BCUT2D eigenvalue weighted by Gasteiger charge is -2.34. The number of nitrogens with one attached hydrogen (secondary N) is 1. The van der Waals surface area contributed by atoms with Gasteiger partial charge in [0.15, 0.2) is 0 Å². The molecule has 0 aliphatic heterocycles. The maximum Gasteiger partial charge on any atom is 0.264 e. The Morgan fingerprint density at radius 2 is 1.54 bits per heavy atom. The highest BCUT2D eigenvalue weighted by atomic mass is 35.5. The Hall–Kier alpha value is -3.07. The second-order valence-corrected chi connectivity index (χ2v) is 13.0. The normalized spacial score (nSPS) is 12.5. The van der Waals surface area contributed by atoms with E-state index in [4.69, 9.17) is 23.2 Å². The zero-order valence-corrected chi connectivity index (χ0v) is 24.9. The third kappa shape index (κ3) is 7.75. The minimum atomic E-state index is -4.17. The summed E-state index contributed by atoms with van der Waals surface area (Å²) in [4.78, 5) is 28.5. The van der Waals surface area contributed by atoms with E-state index in [1.54, 1.807) is 74.5 Å². The first-order chi connectivity index (χ1) is 18.2. The van der Waals surface area contributed by atoms with Gasteiger partial charge in [0.1, 0.15) is 12.6 Å². The number of amides is 2. The third-order valence-electron chi connectivity index (χ3n) is 6.05. The van der Waals surface area contributed by atoms with Crippen LogP contribution in [0.1, 0.15) is 38.8 Å². The molecule has 2 amide bonds. The molecule has 3 rings (SSSR count). The molecule has 10 heteroatoms. The molecule has 39 heavy (non-hydrogen) atoms. The number of benzene rings is 3. The second kappa shape index (κ2) is 12.4. The van der Waals surface area contributed by atoms with Gasteiger partial charge in [-0.05, 0) is 82.1 Å². The van der Waals surface area contributed by atoms with E-state index in [0.717, 1.165) is 9.87 Å². The highest BCUT2D eigenvalue weighted by Gasteiger charge is 2.34. The van der Waals surface area contributed by atoms with Gasteiger partial charge in [-0.2, -0.15) is 0 Å². The molecule has 1 N–H and O–H groups in total. The fourth-order valence-corrected chi connectivity index (χ4v) is 5.73. The summed E-state index contributed by atoms with van der Waals surface area (Å²) in [6, 6.07) is 18.8. The van der Waals surface area contributed by atoms with Crippen molar-refractivity contribution in [3.63, 3.8) is 0 Å². The molecule has 0 heterocycles. The third-order valence-corrected chi connectivity index (χ3v) is 8.48. The molecular weight excluding hydrogens is 557 g/mol. The van der Waals surface area contributed by atoms with E-state index < -0.39 is 34.1 Å². The van der Waals surface area contributed by atoms with Gasteiger partial charge >= 0.3 is 0 Å². The molecule has 0 saturated carbocycles. The summed E-state index contributed by atoms with van der Waals surface area (Å²) in [5, 5.41) is 3.80. The van der Waals surface area contributed by atoms with E-state index in [9.17, 15) is 18.0 Å². The molecule has 0 aliphatic rings. The van der Waals surface area contributed by atoms with Crippen molar-refractivity contribution in [1.82, 2.24) is 10.2 Å². The molecule has 0 radical (unpaired) electrons. The molecule has 0 aromatic heterocycles. The Labute approximate surface area is 240 Å². The van der Waals surface area contributed by atoms with Gasteiger partial charge in [-0.1, -0.05) is 59.6 Å². The summed E-state index contributed by atoms with van der Waals surface area (Å²) in [6.07, 6.45) is 0. The van der Waals surface area contributed by atoms with Crippen molar-refractivity contribution in [2.45, 2.75) is 57.6 Å². The topological polar surface area (TPSA) is 86.8 Å². The lowest BCUT2D eigenvalue weighted by molar-refractivity contribution is -0.140. The first kappa shape index (κ1) is 30.5. The van der Waals surface area contributed by atoms with Crippen LogP contribution in [-0.4, -0.2) is 43.3 Å². The van der Waals surface area contributed by atoms with Gasteiger partial charge in [-0.3, -0.25) is 13.9 Å². The van der Waals surface area contributed by atoms with Crippen LogP contribution < -0.4 is 9.62 Å². The largest absolute Gasteiger partial charge is 0.350 e. The van der Waals surface area contributed by atoms with Crippen molar-refractivity contribution in [2.75, 3.05) is 10.8 Å². The molecule has 3 aromatic rings. The van der Waals surface area contributed by atoms with E-state index in [1.165, 1.54) is 17.0 Å². The van der Waals surface area contributed by atoms with E-state index in [0.29, 0.717) is 15.6 Å². The summed E-state index contributed by atoms with van der Waals surface area (Å²) < 4.78 is 28.8. The van der Waals surface area contributed by atoms with Crippen LogP contribution in [-0.2, 0) is 26.2 Å². The maximum atomic E-state index is 14.0. The quantitative estimate of drug-likeness (QED) is 0.340. The highest BCUT2D eigenvalue weighted by molar-refractivity contribution is 7.92. The van der Waals surface area contributed by atoms with E-state index >= 15 is 0 Å². The van der Waals surface area contributed by atoms with Crippen molar-refractivity contribution >= 4 is 50.7 Å². The fourth-order valence-electron chi connectivity index (χ4n) is 3.94. The predicted molar refractivity (Wildman–Crippen MR) is 157 cm³/mol. The average Bonchev–Trinajstić information content (AvgIpc) is 2.87. The van der Waals surface area contributed by atoms with Gasteiger partial charge in [0.2, 0.25) is 11.8 Å². The fraction of sp³-hybridized carbons (Fsp3) is 0.310. The number of anilines is 1. The van der Waals surface area contributed by atoms with Gasteiger partial charge < -0.3 is 10.2 Å². The first-order valence-corrected chi connectivity index (χ1v) is 14.6. The van der Waals surface area contributed by atoms with Gasteiger partial charge in [0.25, 0.3) is 10.0 Å². The molecule has 0 spiro atoms. The number of carbonyl (C=O) groups excluding carboxylic acids is 2. The lowest BCUT2D eigenvalue weighted by atomic mass is 10.1. The zero-order valence-electron chi connectivity index (χ0n) is 22.6. The Kier molecular flexibility index (Phi) is 9.69. The number of halogens is 2. The average molecular weight is 591 g/mol. The zero-order chi connectivity index (χ0) is 29.0. The Balaban J connectivity index is 2.06. The molecular formula is C29H33Cl2N3O4S. The van der Waals surface area contributed by atoms with Gasteiger partial charge in [0.05, 0.1) is 10.6 Å². The number of hydrogen-bond donors (Lipinski definition) is 1. The highest BCUT2D eigenvalue weighted by Crippen LogP contribution is 2.31. The monoisotopic (exact) mass is 589 g/mol. The molecule has 0 unspecified atom stereocenters. The summed E-state index contributed by atoms with van der Waals surface area (Å²) in [7, 11) is -4.17. The van der Waals surface area contributed by atoms with Gasteiger partial charge in [-0.15, -0.1) is 0 Å². The predicted octanol–water partition coefficient (Wildman–Crippen LogP) is 5.83.